The molecule has 0 aromatic carbocycles. The van der Waals surface area contributed by atoms with Crippen molar-refractivity contribution in [3.05, 3.63) is 0 Å². The Morgan fingerprint density at radius 1 is 1.19 bits per heavy atom. The van der Waals surface area contributed by atoms with Crippen molar-refractivity contribution in [1.29, 1.82) is 0 Å². The molecular formula is C16H23N3O7. The van der Waals surface area contributed by atoms with E-state index in [0.717, 1.165) is 4.90 Å². The molecule has 0 aromatic heterocycles. The molecular weight excluding hydrogens is 346 g/mol. The number of amides is 4. The predicted molar refractivity (Wildman–Crippen MR) is 86.6 cm³/mol. The molecule has 2 aliphatic heterocycles. The minimum absolute atomic E-state index is 0.227. The van der Waals surface area contributed by atoms with Crippen LogP contribution < -0.4 is 5.32 Å². The molecule has 0 aliphatic carbocycles. The second kappa shape index (κ2) is 7.71. The van der Waals surface area contributed by atoms with Crippen molar-refractivity contribution >= 4 is 29.8 Å². The van der Waals surface area contributed by atoms with Gasteiger partial charge in [0.2, 0.25) is 0 Å². The second-order valence-electron chi connectivity index (χ2n) is 6.79. The van der Waals surface area contributed by atoms with Gasteiger partial charge in [0, 0.05) is 13.1 Å². The zero-order valence-corrected chi connectivity index (χ0v) is 15.1. The number of nitrogens with one attached hydrogen (secondary N) is 1. The molecule has 0 unspecified atom stereocenters. The van der Waals surface area contributed by atoms with Gasteiger partial charge in [0.1, 0.15) is 12.1 Å². The van der Waals surface area contributed by atoms with Crippen LogP contribution in [0, 0.1) is 5.92 Å². The molecule has 10 heteroatoms. The topological polar surface area (TPSA) is 122 Å². The molecule has 0 saturated carbocycles. The van der Waals surface area contributed by atoms with E-state index in [9.17, 15) is 24.0 Å². The molecule has 2 rings (SSSR count). The maximum absolute atomic E-state index is 12.1. The van der Waals surface area contributed by atoms with Crippen LogP contribution in [-0.4, -0.2) is 78.5 Å². The fourth-order valence-electron chi connectivity index (χ4n) is 2.90. The molecule has 0 radical (unpaired) electrons. The second-order valence-corrected chi connectivity index (χ2v) is 6.79. The number of nitrogens with zero attached hydrogens (tertiary/aromatic N) is 2. The van der Waals surface area contributed by atoms with Crippen molar-refractivity contribution in [3.8, 4) is 0 Å². The van der Waals surface area contributed by atoms with E-state index in [2.05, 4.69) is 10.1 Å². The Balaban J connectivity index is 1.76. The van der Waals surface area contributed by atoms with Gasteiger partial charge in [-0.15, -0.1) is 0 Å². The molecule has 4 amide bonds. The van der Waals surface area contributed by atoms with E-state index in [0.29, 0.717) is 25.9 Å². The van der Waals surface area contributed by atoms with E-state index >= 15 is 0 Å². The smallest absolute Gasteiger partial charge is 0.326 e. The largest absolute Gasteiger partial charge is 0.469 e. The molecule has 144 valence electrons. The lowest BCUT2D eigenvalue weighted by molar-refractivity contribution is -0.155. The highest BCUT2D eigenvalue weighted by atomic mass is 16.5. The third-order valence-corrected chi connectivity index (χ3v) is 4.47. The van der Waals surface area contributed by atoms with E-state index in [4.69, 9.17) is 4.74 Å². The number of esters is 2. The van der Waals surface area contributed by atoms with E-state index in [1.807, 2.05) is 0 Å². The number of hydrogen-bond acceptors (Lipinski definition) is 7. The lowest BCUT2D eigenvalue weighted by Crippen LogP contribution is -2.43. The minimum atomic E-state index is -1.07. The highest BCUT2D eigenvalue weighted by Gasteiger charge is 2.45. The molecule has 1 N–H and O–H groups in total. The molecule has 0 bridgehead atoms. The number of likely N-dealkylation sites (tertiary alicyclic amines) is 1. The number of methoxy groups -OCH3 is 1. The highest BCUT2D eigenvalue weighted by molar-refractivity contribution is 6.08. The first-order valence-electron chi connectivity index (χ1n) is 8.31. The first-order chi connectivity index (χ1) is 12.2. The normalized spacial score (nSPS) is 20.0. The van der Waals surface area contributed by atoms with Gasteiger partial charge in [-0.2, -0.15) is 0 Å². The van der Waals surface area contributed by atoms with Gasteiger partial charge in [0.15, 0.2) is 6.61 Å². The Kier molecular flexibility index (Phi) is 5.83. The van der Waals surface area contributed by atoms with Gasteiger partial charge in [0.25, 0.3) is 11.8 Å². The average molecular weight is 369 g/mol. The van der Waals surface area contributed by atoms with E-state index in [-0.39, 0.29) is 17.8 Å². The van der Waals surface area contributed by atoms with Crippen LogP contribution in [-0.2, 0) is 28.7 Å². The monoisotopic (exact) mass is 369 g/mol. The minimum Gasteiger partial charge on any atom is -0.469 e. The Morgan fingerprint density at radius 3 is 2.31 bits per heavy atom. The quantitative estimate of drug-likeness (QED) is 0.501. The number of hydrogen-bond donors (Lipinski definition) is 1. The van der Waals surface area contributed by atoms with E-state index < -0.39 is 36.6 Å². The van der Waals surface area contributed by atoms with Gasteiger partial charge >= 0.3 is 18.0 Å². The van der Waals surface area contributed by atoms with Crippen LogP contribution in [0.3, 0.4) is 0 Å². The number of imide groups is 1. The summed E-state index contributed by atoms with van der Waals surface area (Å²) in [6.07, 6.45) is 0.980. The summed E-state index contributed by atoms with van der Waals surface area (Å²) >= 11 is 0. The van der Waals surface area contributed by atoms with Gasteiger partial charge in [-0.25, -0.2) is 4.79 Å². The number of piperidine rings is 1. The number of carbonyl (C=O) groups is 5. The Morgan fingerprint density at radius 2 is 1.81 bits per heavy atom. The first kappa shape index (κ1) is 19.7. The molecule has 10 nitrogen and oxygen atoms in total. The van der Waals surface area contributed by atoms with Crippen molar-refractivity contribution in [2.24, 2.45) is 5.92 Å². The SMILES string of the molecule is COC(=O)C1CCN(C(=O)COC(=O)CN2C(=O)NC(C)(C)C2=O)CC1. The van der Waals surface area contributed by atoms with Crippen molar-refractivity contribution in [2.75, 3.05) is 33.4 Å². The highest BCUT2D eigenvalue weighted by Crippen LogP contribution is 2.19. The standard InChI is InChI=1S/C16H23N3O7/c1-16(2)14(23)19(15(24)17-16)8-12(21)26-9-11(20)18-6-4-10(5-7-18)13(22)25-3/h10H,4-9H2,1-3H3,(H,17,24). The Hall–Kier alpha value is -2.65. The summed E-state index contributed by atoms with van der Waals surface area (Å²) in [7, 11) is 1.33. The molecule has 0 spiro atoms. The summed E-state index contributed by atoms with van der Waals surface area (Å²) in [5.41, 5.74) is -1.07. The molecule has 26 heavy (non-hydrogen) atoms. The predicted octanol–water partition coefficient (Wildman–Crippen LogP) is -0.728. The molecule has 0 atom stereocenters. The van der Waals surface area contributed by atoms with Crippen LogP contribution >= 0.6 is 0 Å². The number of carbonyl (C=O) groups excluding carboxylic acids is 5. The number of rotatable bonds is 5. The van der Waals surface area contributed by atoms with Crippen LogP contribution in [0.2, 0.25) is 0 Å². The lowest BCUT2D eigenvalue weighted by atomic mass is 9.97. The van der Waals surface area contributed by atoms with Crippen LogP contribution in [0.15, 0.2) is 0 Å². The first-order valence-corrected chi connectivity index (χ1v) is 8.31. The van der Waals surface area contributed by atoms with Gasteiger partial charge in [0.05, 0.1) is 13.0 Å². The number of urea groups is 1. The van der Waals surface area contributed by atoms with Crippen molar-refractivity contribution in [2.45, 2.75) is 32.2 Å². The van der Waals surface area contributed by atoms with E-state index in [1.165, 1.54) is 25.9 Å². The van der Waals surface area contributed by atoms with Gasteiger partial charge in [-0.05, 0) is 26.7 Å². The molecule has 2 fully saturated rings. The molecule has 2 heterocycles. The summed E-state index contributed by atoms with van der Waals surface area (Å²) in [6.45, 7) is 2.77. The molecule has 0 aromatic rings. The summed E-state index contributed by atoms with van der Waals surface area (Å²) in [5.74, 6) is -2.28. The van der Waals surface area contributed by atoms with Crippen LogP contribution in [0.25, 0.3) is 0 Å². The van der Waals surface area contributed by atoms with Crippen molar-refractivity contribution in [1.82, 2.24) is 15.1 Å². The molecule has 2 saturated heterocycles. The van der Waals surface area contributed by atoms with Gasteiger partial charge in [-0.1, -0.05) is 0 Å². The average Bonchev–Trinajstić information content (AvgIpc) is 2.80. The third-order valence-electron chi connectivity index (χ3n) is 4.47. The van der Waals surface area contributed by atoms with Gasteiger partial charge in [-0.3, -0.25) is 24.1 Å². The van der Waals surface area contributed by atoms with Gasteiger partial charge < -0.3 is 19.7 Å². The zero-order chi connectivity index (χ0) is 19.5. The van der Waals surface area contributed by atoms with Crippen LogP contribution in [0.1, 0.15) is 26.7 Å². The zero-order valence-electron chi connectivity index (χ0n) is 15.1. The van der Waals surface area contributed by atoms with Crippen LogP contribution in [0.5, 0.6) is 0 Å². The summed E-state index contributed by atoms with van der Waals surface area (Å²) in [4.78, 5) is 61.4. The van der Waals surface area contributed by atoms with E-state index in [1.54, 1.807) is 0 Å². The van der Waals surface area contributed by atoms with Crippen molar-refractivity contribution < 1.29 is 33.4 Å². The molecule has 2 aliphatic rings. The Bertz CT molecular complexity index is 623. The Labute approximate surface area is 150 Å². The third kappa shape index (κ3) is 4.30. The maximum atomic E-state index is 12.1. The van der Waals surface area contributed by atoms with Crippen molar-refractivity contribution in [3.63, 3.8) is 0 Å². The van der Waals surface area contributed by atoms with Crippen LogP contribution in [0.4, 0.5) is 4.79 Å². The lowest BCUT2D eigenvalue weighted by Gasteiger charge is -2.30. The summed E-state index contributed by atoms with van der Waals surface area (Å²) in [5, 5.41) is 2.45. The fourth-order valence-corrected chi connectivity index (χ4v) is 2.90. The number of ether oxygens (including phenoxy) is 2. The summed E-state index contributed by atoms with van der Waals surface area (Å²) in [6, 6.07) is -0.673. The fraction of sp³-hybridized carbons (Fsp3) is 0.688. The maximum Gasteiger partial charge on any atom is 0.326 e. The summed E-state index contributed by atoms with van der Waals surface area (Å²) < 4.78 is 9.57.